The first-order valence-corrected chi connectivity index (χ1v) is 12.3. The maximum Gasteiger partial charge on any atom is 0.251 e. The van der Waals surface area contributed by atoms with E-state index >= 15 is 0 Å². The van der Waals surface area contributed by atoms with Gasteiger partial charge in [0.25, 0.3) is 5.91 Å². The van der Waals surface area contributed by atoms with Crippen LogP contribution in [0.1, 0.15) is 57.8 Å². The first-order valence-electron chi connectivity index (χ1n) is 10.8. The van der Waals surface area contributed by atoms with E-state index in [1.807, 2.05) is 18.7 Å². The molecule has 1 aliphatic rings. The largest absolute Gasteiger partial charge is 0.341 e. The quantitative estimate of drug-likeness (QED) is 0.677. The Balaban J connectivity index is 2.21. The van der Waals surface area contributed by atoms with Crippen molar-refractivity contribution in [2.45, 2.75) is 58.4 Å². The molecule has 0 saturated carbocycles. The molecule has 2 rings (SSSR count). The normalized spacial score (nSPS) is 18.5. The summed E-state index contributed by atoms with van der Waals surface area (Å²) in [6.45, 7) is 11.6. The van der Waals surface area contributed by atoms with E-state index in [2.05, 4.69) is 12.2 Å². The second-order valence-corrected chi connectivity index (χ2v) is 10.3. The molecule has 1 fully saturated rings. The molecule has 7 nitrogen and oxygen atoms in total. The number of sulfonamides is 1. The second kappa shape index (κ2) is 10.4. The fourth-order valence-corrected chi connectivity index (χ4v) is 5.34. The molecular formula is C22H35N3O4S. The van der Waals surface area contributed by atoms with Gasteiger partial charge >= 0.3 is 0 Å². The molecule has 30 heavy (non-hydrogen) atoms. The molecule has 0 bridgehead atoms. The Bertz CT molecular complexity index is 850. The minimum absolute atomic E-state index is 0.0724. The van der Waals surface area contributed by atoms with Crippen molar-refractivity contribution in [3.8, 4) is 0 Å². The Morgan fingerprint density at radius 2 is 1.90 bits per heavy atom. The van der Waals surface area contributed by atoms with Crippen molar-refractivity contribution < 1.29 is 18.0 Å². The molecule has 1 unspecified atom stereocenters. The Morgan fingerprint density at radius 1 is 1.23 bits per heavy atom. The highest BCUT2D eigenvalue weighted by atomic mass is 32.2. The van der Waals surface area contributed by atoms with Gasteiger partial charge < -0.3 is 10.2 Å². The fraction of sp³-hybridized carbons (Fsp3) is 0.636. The Labute approximate surface area is 180 Å². The monoisotopic (exact) mass is 437 g/mol. The van der Waals surface area contributed by atoms with Crippen molar-refractivity contribution in [2.75, 3.05) is 26.2 Å². The van der Waals surface area contributed by atoms with E-state index in [4.69, 9.17) is 0 Å². The molecule has 1 heterocycles. The highest BCUT2D eigenvalue weighted by Gasteiger charge is 2.31. The third-order valence-corrected chi connectivity index (χ3v) is 7.67. The molecule has 1 aliphatic heterocycles. The fourth-order valence-electron chi connectivity index (χ4n) is 3.83. The number of amides is 2. The lowest BCUT2D eigenvalue weighted by Crippen LogP contribution is -2.53. The lowest BCUT2D eigenvalue weighted by atomic mass is 9.97. The van der Waals surface area contributed by atoms with E-state index in [0.29, 0.717) is 32.1 Å². The van der Waals surface area contributed by atoms with Crippen LogP contribution in [0.4, 0.5) is 0 Å². The van der Waals surface area contributed by atoms with Gasteiger partial charge in [-0.25, -0.2) is 8.42 Å². The maximum absolute atomic E-state index is 13.1. The number of piperidine rings is 1. The lowest BCUT2D eigenvalue weighted by molar-refractivity contribution is -0.136. The zero-order valence-corrected chi connectivity index (χ0v) is 19.5. The predicted octanol–water partition coefficient (Wildman–Crippen LogP) is 2.73. The minimum Gasteiger partial charge on any atom is -0.341 e. The highest BCUT2D eigenvalue weighted by Crippen LogP contribution is 2.20. The lowest BCUT2D eigenvalue weighted by Gasteiger charge is -2.35. The molecule has 168 valence electrons. The zero-order chi connectivity index (χ0) is 22.5. The van der Waals surface area contributed by atoms with Crippen molar-refractivity contribution in [2.24, 2.45) is 11.8 Å². The average Bonchev–Trinajstić information content (AvgIpc) is 2.72. The van der Waals surface area contributed by atoms with Gasteiger partial charge in [0.05, 0.1) is 4.90 Å². The predicted molar refractivity (Wildman–Crippen MR) is 118 cm³/mol. The van der Waals surface area contributed by atoms with Gasteiger partial charge in [-0.15, -0.1) is 0 Å². The van der Waals surface area contributed by atoms with Crippen LogP contribution in [0.3, 0.4) is 0 Å². The molecule has 1 aromatic carbocycles. The molecule has 1 aromatic rings. The number of hydrogen-bond acceptors (Lipinski definition) is 4. The third-order valence-electron chi connectivity index (χ3n) is 5.63. The molecule has 2 amide bonds. The summed E-state index contributed by atoms with van der Waals surface area (Å²) in [7, 11) is -3.66. The number of likely N-dealkylation sites (tertiary alicyclic amines) is 1. The van der Waals surface area contributed by atoms with Crippen LogP contribution in [0, 0.1) is 11.8 Å². The van der Waals surface area contributed by atoms with Crippen molar-refractivity contribution in [1.82, 2.24) is 14.5 Å². The summed E-state index contributed by atoms with van der Waals surface area (Å²) in [5.41, 5.74) is 0.230. The maximum atomic E-state index is 13.1. The molecule has 1 N–H and O–H groups in total. The summed E-state index contributed by atoms with van der Waals surface area (Å²) < 4.78 is 26.9. The smallest absolute Gasteiger partial charge is 0.251 e. The van der Waals surface area contributed by atoms with Crippen LogP contribution < -0.4 is 5.32 Å². The van der Waals surface area contributed by atoms with Crippen LogP contribution in [0.5, 0.6) is 0 Å². The number of nitrogens with zero attached hydrogens (tertiary/aromatic N) is 2. The Hall–Kier alpha value is -1.93. The number of rotatable bonds is 8. The van der Waals surface area contributed by atoms with Crippen LogP contribution in [0.15, 0.2) is 29.2 Å². The van der Waals surface area contributed by atoms with Crippen molar-refractivity contribution in [3.63, 3.8) is 0 Å². The van der Waals surface area contributed by atoms with E-state index in [1.54, 1.807) is 26.0 Å². The highest BCUT2D eigenvalue weighted by molar-refractivity contribution is 7.89. The summed E-state index contributed by atoms with van der Waals surface area (Å²) in [6.07, 6.45) is 2.08. The molecule has 1 saturated heterocycles. The van der Waals surface area contributed by atoms with Gasteiger partial charge in [-0.2, -0.15) is 4.31 Å². The van der Waals surface area contributed by atoms with Gasteiger partial charge in [-0.05, 0) is 42.9 Å². The first-order chi connectivity index (χ1) is 14.1. The second-order valence-electron chi connectivity index (χ2n) is 8.34. The van der Waals surface area contributed by atoms with Gasteiger partial charge in [-0.3, -0.25) is 9.59 Å². The third kappa shape index (κ3) is 5.60. The summed E-state index contributed by atoms with van der Waals surface area (Å²) in [5.74, 6) is -0.144. The topological polar surface area (TPSA) is 86.8 Å². The molecule has 0 aromatic heterocycles. The average molecular weight is 438 g/mol. The van der Waals surface area contributed by atoms with Crippen LogP contribution in [-0.2, 0) is 14.8 Å². The van der Waals surface area contributed by atoms with Gasteiger partial charge in [0.1, 0.15) is 6.04 Å². The van der Waals surface area contributed by atoms with Gasteiger partial charge in [0.15, 0.2) is 0 Å². The molecule has 0 spiro atoms. The molecular weight excluding hydrogens is 402 g/mol. The van der Waals surface area contributed by atoms with E-state index in [0.717, 1.165) is 12.8 Å². The van der Waals surface area contributed by atoms with Crippen LogP contribution in [0.25, 0.3) is 0 Å². The summed E-state index contributed by atoms with van der Waals surface area (Å²) in [6, 6.07) is 5.36. The first kappa shape index (κ1) is 24.3. The summed E-state index contributed by atoms with van der Waals surface area (Å²) >= 11 is 0. The van der Waals surface area contributed by atoms with Crippen LogP contribution >= 0.6 is 0 Å². The zero-order valence-electron chi connectivity index (χ0n) is 18.7. The van der Waals surface area contributed by atoms with Crippen molar-refractivity contribution >= 4 is 21.8 Å². The number of carbonyl (C=O) groups is 2. The van der Waals surface area contributed by atoms with Gasteiger partial charge in [-0.1, -0.05) is 40.7 Å². The van der Waals surface area contributed by atoms with E-state index in [-0.39, 0.29) is 22.3 Å². The van der Waals surface area contributed by atoms with E-state index in [9.17, 15) is 18.0 Å². The van der Waals surface area contributed by atoms with Gasteiger partial charge in [0, 0.05) is 31.7 Å². The van der Waals surface area contributed by atoms with E-state index in [1.165, 1.54) is 16.4 Å². The Morgan fingerprint density at radius 3 is 2.47 bits per heavy atom. The minimum atomic E-state index is -3.66. The van der Waals surface area contributed by atoms with Crippen molar-refractivity contribution in [3.05, 3.63) is 29.8 Å². The SMILES string of the molecule is CCN(CC)S(=O)(=O)c1cccc(C(=O)N[C@@H](C(=O)N2CCCC(C)C2)C(C)C)c1. The van der Waals surface area contributed by atoms with Crippen LogP contribution in [-0.4, -0.2) is 61.7 Å². The molecule has 0 radical (unpaired) electrons. The van der Waals surface area contributed by atoms with E-state index < -0.39 is 22.0 Å². The number of nitrogens with one attached hydrogen (secondary N) is 1. The number of hydrogen-bond donors (Lipinski definition) is 1. The van der Waals surface area contributed by atoms with Crippen LogP contribution in [0.2, 0.25) is 0 Å². The number of carbonyl (C=O) groups excluding carboxylic acids is 2. The summed E-state index contributed by atoms with van der Waals surface area (Å²) in [5, 5.41) is 2.84. The molecule has 2 atom stereocenters. The van der Waals surface area contributed by atoms with Crippen molar-refractivity contribution in [1.29, 1.82) is 0 Å². The number of benzene rings is 1. The molecule has 0 aliphatic carbocycles. The summed E-state index contributed by atoms with van der Waals surface area (Å²) in [4.78, 5) is 27.9. The molecule has 8 heteroatoms. The Kier molecular flexibility index (Phi) is 8.43. The van der Waals surface area contributed by atoms with Gasteiger partial charge in [0.2, 0.25) is 15.9 Å². The standard InChI is InChI=1S/C22H35N3O4S/c1-6-25(7-2)30(28,29)19-12-8-11-18(14-19)21(26)23-20(16(3)4)22(27)24-13-9-10-17(5)15-24/h8,11-12,14,16-17,20H,6-7,9-10,13,15H2,1-5H3,(H,23,26)/t17?,20-/m1/s1.